The van der Waals surface area contributed by atoms with Crippen molar-refractivity contribution in [1.82, 2.24) is 0 Å². The molecule has 2 aromatic rings. The second-order valence-electron chi connectivity index (χ2n) is 10.9. The summed E-state index contributed by atoms with van der Waals surface area (Å²) in [5.74, 6) is 2.04. The second kappa shape index (κ2) is 17.4. The SMILES string of the molecule is C=CCc1cc(Oc2c(C)cc(C/[C](=C\CO)[Sn]([CH2]CCC)([CH2]CCC)[CH2]CCC)cc2OC)c(Cl)cc1C. The molecule has 0 heterocycles. The van der Waals surface area contributed by atoms with Crippen molar-refractivity contribution in [1.29, 1.82) is 0 Å². The molecular weight excluding hydrogens is 611 g/mol. The third-order valence-electron chi connectivity index (χ3n) is 7.93. The van der Waals surface area contributed by atoms with Gasteiger partial charge in [-0.1, -0.05) is 0 Å². The van der Waals surface area contributed by atoms with E-state index in [1.807, 2.05) is 18.2 Å². The third-order valence-corrected chi connectivity index (χ3v) is 24.4. The molecule has 0 atom stereocenters. The Hall–Kier alpha value is -1.43. The summed E-state index contributed by atoms with van der Waals surface area (Å²) in [6, 6.07) is 8.31. The Morgan fingerprint density at radius 3 is 2.05 bits per heavy atom. The standard InChI is InChI=1S/C22H24ClO3.3C4H9.Sn/c1-5-8-18-14-20(19(23)12-15(18)2)26-22-16(3)11-17(9-6-7-10-24)13-21(22)25-4;3*1-3-4-2;/h5,7,11-14,24H,1,8-10H2,2-4H3;3*1,3-4H2,2H3;. The Kier molecular flexibility index (Phi) is 15.1. The van der Waals surface area contributed by atoms with Crippen LogP contribution in [0, 0.1) is 13.8 Å². The van der Waals surface area contributed by atoms with E-state index in [4.69, 9.17) is 21.1 Å². The number of benzene rings is 2. The third kappa shape index (κ3) is 9.57. The van der Waals surface area contributed by atoms with E-state index in [9.17, 15) is 5.11 Å². The Labute approximate surface area is 247 Å². The quantitative estimate of drug-likeness (QED) is 0.128. The van der Waals surface area contributed by atoms with Crippen LogP contribution in [-0.4, -0.2) is 37.2 Å². The molecule has 39 heavy (non-hydrogen) atoms. The van der Waals surface area contributed by atoms with Crippen LogP contribution in [0.15, 0.2) is 46.6 Å². The number of unbranched alkanes of at least 4 members (excludes halogenated alkanes) is 3. The van der Waals surface area contributed by atoms with Gasteiger partial charge in [-0.15, -0.1) is 6.58 Å². The van der Waals surface area contributed by atoms with Gasteiger partial charge in [0.05, 0.1) is 0 Å². The van der Waals surface area contributed by atoms with Crippen molar-refractivity contribution in [3.8, 4) is 17.2 Å². The summed E-state index contributed by atoms with van der Waals surface area (Å²) >= 11 is 3.91. The van der Waals surface area contributed by atoms with E-state index >= 15 is 0 Å². The summed E-state index contributed by atoms with van der Waals surface area (Å²) in [5.41, 5.74) is 4.51. The van der Waals surface area contributed by atoms with E-state index in [2.05, 4.69) is 59.4 Å². The summed E-state index contributed by atoms with van der Waals surface area (Å²) in [6.07, 6.45) is 13.3. The topological polar surface area (TPSA) is 38.7 Å². The number of methoxy groups -OCH3 is 1. The molecule has 3 nitrogen and oxygen atoms in total. The van der Waals surface area contributed by atoms with Gasteiger partial charge in [0, 0.05) is 0 Å². The summed E-state index contributed by atoms with van der Waals surface area (Å²) in [7, 11) is 1.70. The summed E-state index contributed by atoms with van der Waals surface area (Å²) in [5, 5.41) is 10.7. The first-order chi connectivity index (χ1) is 18.8. The van der Waals surface area contributed by atoms with Gasteiger partial charge >= 0.3 is 242 Å². The van der Waals surface area contributed by atoms with Crippen LogP contribution in [0.1, 0.15) is 81.5 Å². The summed E-state index contributed by atoms with van der Waals surface area (Å²) in [4.78, 5) is 0. The molecule has 0 saturated heterocycles. The fourth-order valence-corrected chi connectivity index (χ4v) is 22.8. The molecule has 5 heteroatoms. The van der Waals surface area contributed by atoms with Gasteiger partial charge in [0.2, 0.25) is 0 Å². The number of halogens is 1. The number of aliphatic hydroxyl groups is 1. The molecular formula is C34H51ClO3Sn. The minimum atomic E-state index is -2.69. The van der Waals surface area contributed by atoms with Crippen molar-refractivity contribution in [3.63, 3.8) is 0 Å². The normalized spacial score (nSPS) is 12.1. The first-order valence-corrected chi connectivity index (χ1v) is 22.7. The van der Waals surface area contributed by atoms with E-state index in [0.29, 0.717) is 22.3 Å². The van der Waals surface area contributed by atoms with Crippen molar-refractivity contribution >= 4 is 30.0 Å². The number of hydrogen-bond acceptors (Lipinski definition) is 3. The van der Waals surface area contributed by atoms with E-state index in [1.165, 1.54) is 57.4 Å². The molecule has 0 aromatic heterocycles. The first kappa shape index (κ1) is 33.8. The average Bonchev–Trinajstić information content (AvgIpc) is 2.92. The molecule has 0 aliphatic carbocycles. The van der Waals surface area contributed by atoms with Crippen LogP contribution in [0.3, 0.4) is 0 Å². The van der Waals surface area contributed by atoms with Crippen LogP contribution in [-0.2, 0) is 12.8 Å². The molecule has 216 valence electrons. The van der Waals surface area contributed by atoms with Gasteiger partial charge in [0.15, 0.2) is 0 Å². The number of allylic oxidation sites excluding steroid dienone is 2. The molecule has 0 aliphatic rings. The molecule has 2 rings (SSSR count). The number of hydrogen-bond donors (Lipinski definition) is 1. The monoisotopic (exact) mass is 662 g/mol. The Balaban J connectivity index is 2.49. The van der Waals surface area contributed by atoms with Crippen molar-refractivity contribution in [2.24, 2.45) is 0 Å². The molecule has 0 aliphatic heterocycles. The number of aryl methyl sites for hydroxylation is 2. The van der Waals surface area contributed by atoms with Gasteiger partial charge in [-0.25, -0.2) is 0 Å². The second-order valence-corrected chi connectivity index (χ2v) is 24.8. The number of aliphatic hydroxyl groups excluding tert-OH is 1. The molecule has 2 aromatic carbocycles. The van der Waals surface area contributed by atoms with Crippen LogP contribution in [0.4, 0.5) is 0 Å². The van der Waals surface area contributed by atoms with Gasteiger partial charge in [-0.3, -0.25) is 0 Å². The molecule has 0 spiro atoms. The van der Waals surface area contributed by atoms with Crippen LogP contribution in [0.5, 0.6) is 17.2 Å². The van der Waals surface area contributed by atoms with Crippen molar-refractivity contribution in [3.05, 3.63) is 73.9 Å². The fraction of sp³-hybridized carbons (Fsp3) is 0.529. The summed E-state index contributed by atoms with van der Waals surface area (Å²) in [6.45, 7) is 15.0. The molecule has 0 bridgehead atoms. The Bertz CT molecular complexity index is 1070. The minimum absolute atomic E-state index is 0.120. The molecule has 0 radical (unpaired) electrons. The van der Waals surface area contributed by atoms with Gasteiger partial charge in [0.25, 0.3) is 0 Å². The zero-order valence-corrected chi connectivity index (χ0v) is 28.9. The van der Waals surface area contributed by atoms with Crippen molar-refractivity contribution in [2.75, 3.05) is 13.7 Å². The van der Waals surface area contributed by atoms with E-state index < -0.39 is 18.4 Å². The molecule has 0 amide bonds. The van der Waals surface area contributed by atoms with Crippen molar-refractivity contribution < 1.29 is 14.6 Å². The Morgan fingerprint density at radius 2 is 1.54 bits per heavy atom. The number of rotatable bonds is 18. The van der Waals surface area contributed by atoms with Crippen LogP contribution in [0.25, 0.3) is 0 Å². The zero-order valence-electron chi connectivity index (χ0n) is 25.3. The summed E-state index contributed by atoms with van der Waals surface area (Å²) < 4.78 is 18.0. The van der Waals surface area contributed by atoms with Gasteiger partial charge in [0.1, 0.15) is 0 Å². The van der Waals surface area contributed by atoms with Crippen LogP contribution in [0.2, 0.25) is 18.3 Å². The zero-order chi connectivity index (χ0) is 28.8. The average molecular weight is 662 g/mol. The molecule has 0 unspecified atom stereocenters. The van der Waals surface area contributed by atoms with Gasteiger partial charge < -0.3 is 0 Å². The van der Waals surface area contributed by atoms with Crippen LogP contribution >= 0.6 is 11.6 Å². The van der Waals surface area contributed by atoms with Gasteiger partial charge in [-0.05, 0) is 0 Å². The predicted octanol–water partition coefficient (Wildman–Crippen LogP) is 10.3. The van der Waals surface area contributed by atoms with Gasteiger partial charge in [-0.2, -0.15) is 0 Å². The van der Waals surface area contributed by atoms with E-state index in [-0.39, 0.29) is 6.61 Å². The predicted molar refractivity (Wildman–Crippen MR) is 172 cm³/mol. The Morgan fingerprint density at radius 1 is 0.923 bits per heavy atom. The maximum absolute atomic E-state index is 10.1. The van der Waals surface area contributed by atoms with Crippen molar-refractivity contribution in [2.45, 2.75) is 99.3 Å². The number of ether oxygens (including phenoxy) is 2. The van der Waals surface area contributed by atoms with E-state index in [1.54, 1.807) is 10.7 Å². The molecule has 1 N–H and O–H groups in total. The molecule has 0 fully saturated rings. The van der Waals surface area contributed by atoms with Crippen LogP contribution < -0.4 is 9.47 Å². The molecule has 0 saturated carbocycles. The van der Waals surface area contributed by atoms with E-state index in [0.717, 1.165) is 29.5 Å². The maximum atomic E-state index is 10.1. The fourth-order valence-electron chi connectivity index (χ4n) is 5.67. The first-order valence-electron chi connectivity index (χ1n) is 14.8.